The van der Waals surface area contributed by atoms with Crippen LogP contribution in [-0.2, 0) is 4.74 Å². The van der Waals surface area contributed by atoms with Crippen LogP contribution in [0.1, 0.15) is 20.3 Å². The lowest BCUT2D eigenvalue weighted by Crippen LogP contribution is -1.89. The molecule has 0 aromatic rings. The van der Waals surface area contributed by atoms with E-state index >= 15 is 0 Å². The van der Waals surface area contributed by atoms with Gasteiger partial charge in [0.1, 0.15) is 0 Å². The van der Waals surface area contributed by atoms with Crippen LogP contribution in [0, 0.1) is 5.41 Å². The largest absolute Gasteiger partial charge is 0.498 e. The van der Waals surface area contributed by atoms with Crippen LogP contribution in [-0.4, -0.2) is 12.8 Å². The molecule has 0 rings (SSSR count). The minimum atomic E-state index is 0.746. The van der Waals surface area contributed by atoms with E-state index in [4.69, 9.17) is 10.1 Å². The average molecular weight is 127 g/mol. The van der Waals surface area contributed by atoms with Gasteiger partial charge in [0.05, 0.1) is 12.4 Å². The maximum atomic E-state index is 6.69. The Bertz CT molecular complexity index is 107. The first-order valence-corrected chi connectivity index (χ1v) is 3.11. The number of hydrogen-bond donors (Lipinski definition) is 1. The van der Waals surface area contributed by atoms with E-state index in [-0.39, 0.29) is 0 Å². The Morgan fingerprint density at radius 2 is 2.33 bits per heavy atom. The summed E-state index contributed by atoms with van der Waals surface area (Å²) in [6.07, 6.45) is 3.88. The lowest BCUT2D eigenvalue weighted by molar-refractivity contribution is 0.215. The van der Waals surface area contributed by atoms with E-state index < -0.39 is 0 Å². The van der Waals surface area contributed by atoms with E-state index in [0.29, 0.717) is 0 Å². The van der Waals surface area contributed by atoms with Gasteiger partial charge in [0.2, 0.25) is 0 Å². The molecule has 0 bridgehead atoms. The molecular formula is C7H13NO. The van der Waals surface area contributed by atoms with Crippen molar-refractivity contribution in [2.75, 3.05) is 6.61 Å². The van der Waals surface area contributed by atoms with Gasteiger partial charge in [-0.3, -0.25) is 0 Å². The highest BCUT2D eigenvalue weighted by atomic mass is 16.5. The van der Waals surface area contributed by atoms with Crippen molar-refractivity contribution in [1.29, 1.82) is 5.41 Å². The highest BCUT2D eigenvalue weighted by Gasteiger charge is 1.83. The number of nitrogens with one attached hydrogen (secondary N) is 1. The van der Waals surface area contributed by atoms with E-state index in [1.165, 1.54) is 6.21 Å². The van der Waals surface area contributed by atoms with Crippen LogP contribution in [0.5, 0.6) is 0 Å². The SMILES string of the molecule is CCCO/C(C)=C/C=N. The van der Waals surface area contributed by atoms with Crippen LogP contribution in [0.2, 0.25) is 0 Å². The first-order chi connectivity index (χ1) is 4.31. The van der Waals surface area contributed by atoms with E-state index in [0.717, 1.165) is 18.8 Å². The van der Waals surface area contributed by atoms with Gasteiger partial charge in [-0.15, -0.1) is 0 Å². The fourth-order valence-electron chi connectivity index (χ4n) is 0.429. The fourth-order valence-corrected chi connectivity index (χ4v) is 0.429. The van der Waals surface area contributed by atoms with Crippen molar-refractivity contribution in [1.82, 2.24) is 0 Å². The molecule has 0 aliphatic carbocycles. The standard InChI is InChI=1S/C7H13NO/c1-3-6-9-7(2)4-5-8/h4-5,8H,3,6H2,1-2H3/b7-4+,8-5?. The molecule has 0 aromatic carbocycles. The molecule has 0 unspecified atom stereocenters. The Hall–Kier alpha value is -0.790. The van der Waals surface area contributed by atoms with Crippen LogP contribution >= 0.6 is 0 Å². The number of rotatable bonds is 4. The molecule has 0 amide bonds. The van der Waals surface area contributed by atoms with Gasteiger partial charge in [0, 0.05) is 6.21 Å². The maximum Gasteiger partial charge on any atom is 0.0943 e. The molecule has 0 atom stereocenters. The molecule has 1 N–H and O–H groups in total. The van der Waals surface area contributed by atoms with Crippen LogP contribution < -0.4 is 0 Å². The van der Waals surface area contributed by atoms with Gasteiger partial charge in [-0.05, 0) is 19.4 Å². The minimum Gasteiger partial charge on any atom is -0.498 e. The first-order valence-electron chi connectivity index (χ1n) is 3.11. The van der Waals surface area contributed by atoms with E-state index in [9.17, 15) is 0 Å². The lowest BCUT2D eigenvalue weighted by Gasteiger charge is -2.01. The molecule has 9 heavy (non-hydrogen) atoms. The Morgan fingerprint density at radius 1 is 1.67 bits per heavy atom. The van der Waals surface area contributed by atoms with Gasteiger partial charge in [0.15, 0.2) is 0 Å². The van der Waals surface area contributed by atoms with Crippen molar-refractivity contribution in [2.45, 2.75) is 20.3 Å². The molecule has 2 nitrogen and oxygen atoms in total. The zero-order valence-corrected chi connectivity index (χ0v) is 5.98. The lowest BCUT2D eigenvalue weighted by atomic mass is 10.5. The van der Waals surface area contributed by atoms with Crippen LogP contribution in [0.3, 0.4) is 0 Å². The third-order valence-electron chi connectivity index (χ3n) is 0.852. The smallest absolute Gasteiger partial charge is 0.0943 e. The molecule has 0 radical (unpaired) electrons. The Labute approximate surface area is 56.0 Å². The second-order valence-electron chi connectivity index (χ2n) is 1.79. The van der Waals surface area contributed by atoms with Gasteiger partial charge < -0.3 is 10.1 Å². The molecule has 0 fully saturated rings. The van der Waals surface area contributed by atoms with Crippen LogP contribution in [0.4, 0.5) is 0 Å². The van der Waals surface area contributed by atoms with Crippen molar-refractivity contribution < 1.29 is 4.74 Å². The second kappa shape index (κ2) is 5.35. The van der Waals surface area contributed by atoms with Gasteiger partial charge in [0.25, 0.3) is 0 Å². The average Bonchev–Trinajstić information content (AvgIpc) is 1.85. The maximum absolute atomic E-state index is 6.69. The van der Waals surface area contributed by atoms with Crippen LogP contribution in [0.25, 0.3) is 0 Å². The molecule has 0 spiro atoms. The second-order valence-corrected chi connectivity index (χ2v) is 1.79. The van der Waals surface area contributed by atoms with Crippen molar-refractivity contribution >= 4 is 6.21 Å². The predicted octanol–water partition coefficient (Wildman–Crippen LogP) is 1.97. The fraction of sp³-hybridized carbons (Fsp3) is 0.571. The van der Waals surface area contributed by atoms with Gasteiger partial charge in [-0.2, -0.15) is 0 Å². The van der Waals surface area contributed by atoms with E-state index in [1.807, 2.05) is 6.92 Å². The molecule has 2 heteroatoms. The molecule has 0 heterocycles. The van der Waals surface area contributed by atoms with E-state index in [1.54, 1.807) is 6.08 Å². The highest BCUT2D eigenvalue weighted by Crippen LogP contribution is 1.93. The summed E-state index contributed by atoms with van der Waals surface area (Å²) >= 11 is 0. The molecule has 0 aromatic heterocycles. The first kappa shape index (κ1) is 8.21. The van der Waals surface area contributed by atoms with Gasteiger partial charge in [-0.1, -0.05) is 6.92 Å². The Balaban J connectivity index is 3.36. The molecule has 52 valence electrons. The summed E-state index contributed by atoms with van der Waals surface area (Å²) in [6.45, 7) is 4.65. The topological polar surface area (TPSA) is 33.1 Å². The summed E-state index contributed by atoms with van der Waals surface area (Å²) in [7, 11) is 0. The molecule has 0 aliphatic rings. The van der Waals surface area contributed by atoms with Crippen molar-refractivity contribution in [3.8, 4) is 0 Å². The predicted molar refractivity (Wildman–Crippen MR) is 38.8 cm³/mol. The Kier molecular flexibility index (Phi) is 4.88. The molecule has 0 saturated heterocycles. The third-order valence-corrected chi connectivity index (χ3v) is 0.852. The summed E-state index contributed by atoms with van der Waals surface area (Å²) in [4.78, 5) is 0. The van der Waals surface area contributed by atoms with Gasteiger partial charge in [-0.25, -0.2) is 0 Å². The number of hydrogen-bond acceptors (Lipinski definition) is 2. The zero-order valence-electron chi connectivity index (χ0n) is 5.98. The summed E-state index contributed by atoms with van der Waals surface area (Å²) in [6, 6.07) is 0. The summed E-state index contributed by atoms with van der Waals surface area (Å²) < 4.78 is 5.14. The molecular weight excluding hydrogens is 114 g/mol. The summed E-state index contributed by atoms with van der Waals surface area (Å²) in [5, 5.41) is 6.69. The minimum absolute atomic E-state index is 0.746. The van der Waals surface area contributed by atoms with Gasteiger partial charge >= 0.3 is 0 Å². The van der Waals surface area contributed by atoms with Crippen molar-refractivity contribution in [2.24, 2.45) is 0 Å². The zero-order chi connectivity index (χ0) is 7.11. The normalized spacial score (nSPS) is 11.1. The highest BCUT2D eigenvalue weighted by molar-refractivity contribution is 5.68. The Morgan fingerprint density at radius 3 is 2.78 bits per heavy atom. The molecule has 0 saturated carbocycles. The van der Waals surface area contributed by atoms with Crippen molar-refractivity contribution in [3.63, 3.8) is 0 Å². The molecule has 0 aliphatic heterocycles. The van der Waals surface area contributed by atoms with Crippen LogP contribution in [0.15, 0.2) is 11.8 Å². The van der Waals surface area contributed by atoms with Crippen molar-refractivity contribution in [3.05, 3.63) is 11.8 Å². The number of allylic oxidation sites excluding steroid dienone is 2. The summed E-state index contributed by atoms with van der Waals surface area (Å²) in [5.41, 5.74) is 0. The third kappa shape index (κ3) is 5.07. The van der Waals surface area contributed by atoms with E-state index in [2.05, 4.69) is 6.92 Å². The monoisotopic (exact) mass is 127 g/mol. The quantitative estimate of drug-likeness (QED) is 0.454. The summed E-state index contributed by atoms with van der Waals surface area (Å²) in [5.74, 6) is 0.812. The number of ether oxygens (including phenoxy) is 1.